The Balaban J connectivity index is 1.63. The van der Waals surface area contributed by atoms with Crippen molar-refractivity contribution in [3.63, 3.8) is 0 Å². The van der Waals surface area contributed by atoms with Gasteiger partial charge in [0.15, 0.2) is 0 Å². The fraction of sp³-hybridized carbons (Fsp3) is 0.444. The molecular weight excluding hydrogens is 316 g/mol. The van der Waals surface area contributed by atoms with Gasteiger partial charge in [-0.2, -0.15) is 0 Å². The first kappa shape index (κ1) is 16.0. The van der Waals surface area contributed by atoms with Gasteiger partial charge in [-0.15, -0.1) is 10.2 Å². The lowest BCUT2D eigenvalue weighted by Gasteiger charge is -2.32. The van der Waals surface area contributed by atoms with Gasteiger partial charge in [-0.05, 0) is 19.1 Å². The fourth-order valence-corrected chi connectivity index (χ4v) is 3.43. The first-order chi connectivity index (χ1) is 12.0. The zero-order valence-electron chi connectivity index (χ0n) is 14.7. The summed E-state index contributed by atoms with van der Waals surface area (Å²) in [5.74, 6) is 3.08. The summed E-state index contributed by atoms with van der Waals surface area (Å²) in [6.07, 6.45) is 0. The van der Waals surface area contributed by atoms with Gasteiger partial charge >= 0.3 is 0 Å². The summed E-state index contributed by atoms with van der Waals surface area (Å²) < 4.78 is 2.21. The average Bonchev–Trinajstić information content (AvgIpc) is 3.04. The Labute approximate surface area is 145 Å². The van der Waals surface area contributed by atoms with E-state index in [0.29, 0.717) is 23.7 Å². The number of aromatic amines is 1. The van der Waals surface area contributed by atoms with Crippen molar-refractivity contribution < 1.29 is 0 Å². The lowest BCUT2D eigenvalue weighted by atomic mass is 10.2. The molecule has 0 aliphatic carbocycles. The van der Waals surface area contributed by atoms with Crippen molar-refractivity contribution in [3.05, 3.63) is 52.1 Å². The number of H-pyrrole nitrogens is 1. The van der Waals surface area contributed by atoms with Crippen molar-refractivity contribution >= 4 is 10.9 Å². The highest BCUT2D eigenvalue weighted by Gasteiger charge is 2.27. The molecule has 25 heavy (non-hydrogen) atoms. The van der Waals surface area contributed by atoms with Gasteiger partial charge in [-0.1, -0.05) is 26.0 Å². The smallest absolute Gasteiger partial charge is 0.258 e. The second-order valence-corrected chi connectivity index (χ2v) is 6.90. The van der Waals surface area contributed by atoms with Crippen LogP contribution in [0.3, 0.4) is 0 Å². The van der Waals surface area contributed by atoms with Crippen LogP contribution in [-0.4, -0.2) is 36.2 Å². The van der Waals surface area contributed by atoms with Crippen LogP contribution in [-0.2, 0) is 13.1 Å². The predicted molar refractivity (Wildman–Crippen MR) is 95.3 cm³/mol. The van der Waals surface area contributed by atoms with E-state index in [9.17, 15) is 4.79 Å². The molecule has 1 atom stereocenters. The van der Waals surface area contributed by atoms with Crippen LogP contribution in [0.4, 0.5) is 0 Å². The Morgan fingerprint density at radius 2 is 1.92 bits per heavy atom. The van der Waals surface area contributed by atoms with E-state index >= 15 is 0 Å². The number of benzene rings is 1. The van der Waals surface area contributed by atoms with Gasteiger partial charge in [0, 0.05) is 19.0 Å². The normalized spacial score (nSPS) is 16.3. The van der Waals surface area contributed by atoms with E-state index in [1.165, 1.54) is 0 Å². The monoisotopic (exact) mass is 338 g/mol. The molecule has 3 heterocycles. The Bertz CT molecular complexity index is 973. The van der Waals surface area contributed by atoms with Crippen LogP contribution < -0.4 is 5.56 Å². The number of nitrogens with one attached hydrogen (secondary N) is 1. The van der Waals surface area contributed by atoms with Crippen molar-refractivity contribution in [3.8, 4) is 0 Å². The summed E-state index contributed by atoms with van der Waals surface area (Å²) >= 11 is 0. The van der Waals surface area contributed by atoms with E-state index in [1.807, 2.05) is 18.2 Å². The minimum absolute atomic E-state index is 0.00487. The van der Waals surface area contributed by atoms with Crippen molar-refractivity contribution in [2.45, 2.75) is 45.8 Å². The molecule has 0 unspecified atom stereocenters. The first-order valence-electron chi connectivity index (χ1n) is 8.69. The molecule has 0 bridgehead atoms. The number of fused-ring (bicyclic) bond motifs is 2. The third kappa shape index (κ3) is 2.74. The lowest BCUT2D eigenvalue weighted by molar-refractivity contribution is 0.156. The molecule has 0 spiro atoms. The number of para-hydroxylation sites is 1. The van der Waals surface area contributed by atoms with E-state index in [-0.39, 0.29) is 11.6 Å². The standard InChI is InChI=1S/C18H22N6O/c1-11(2)17-22-21-15-10-23(8-9-24(15)17)12(3)16-19-14-7-5-4-6-13(14)18(25)20-16/h4-7,11-12H,8-10H2,1-3H3,(H,19,20,25)/t12-/m1/s1. The van der Waals surface area contributed by atoms with E-state index in [1.54, 1.807) is 6.07 Å². The Morgan fingerprint density at radius 3 is 2.72 bits per heavy atom. The molecule has 1 aliphatic heterocycles. The zero-order valence-corrected chi connectivity index (χ0v) is 14.7. The lowest BCUT2D eigenvalue weighted by Crippen LogP contribution is -2.37. The molecule has 7 heteroatoms. The second-order valence-electron chi connectivity index (χ2n) is 6.90. The minimum Gasteiger partial charge on any atom is -0.312 e. The van der Waals surface area contributed by atoms with Crippen LogP contribution >= 0.6 is 0 Å². The van der Waals surface area contributed by atoms with Crippen molar-refractivity contribution in [1.29, 1.82) is 0 Å². The maximum Gasteiger partial charge on any atom is 0.258 e. The molecule has 0 fully saturated rings. The third-order valence-electron chi connectivity index (χ3n) is 4.90. The van der Waals surface area contributed by atoms with Crippen LogP contribution in [0.25, 0.3) is 10.9 Å². The molecule has 3 aromatic rings. The highest BCUT2D eigenvalue weighted by Crippen LogP contribution is 2.24. The fourth-order valence-electron chi connectivity index (χ4n) is 3.43. The molecule has 0 amide bonds. The number of rotatable bonds is 3. The quantitative estimate of drug-likeness (QED) is 0.792. The second kappa shape index (κ2) is 6.07. The minimum atomic E-state index is -0.0882. The van der Waals surface area contributed by atoms with Crippen LogP contribution in [0, 0.1) is 0 Å². The van der Waals surface area contributed by atoms with E-state index in [2.05, 4.69) is 50.4 Å². The highest BCUT2D eigenvalue weighted by molar-refractivity contribution is 5.77. The van der Waals surface area contributed by atoms with Gasteiger partial charge < -0.3 is 9.55 Å². The maximum atomic E-state index is 12.3. The summed E-state index contributed by atoms with van der Waals surface area (Å²) in [5.41, 5.74) is 0.644. The predicted octanol–water partition coefficient (Wildman–Crippen LogP) is 2.21. The van der Waals surface area contributed by atoms with Crippen molar-refractivity contribution in [2.24, 2.45) is 0 Å². The molecule has 0 radical (unpaired) electrons. The van der Waals surface area contributed by atoms with Gasteiger partial charge in [0.1, 0.15) is 17.5 Å². The van der Waals surface area contributed by atoms with Crippen LogP contribution in [0.2, 0.25) is 0 Å². The summed E-state index contributed by atoms with van der Waals surface area (Å²) in [5, 5.41) is 9.31. The van der Waals surface area contributed by atoms with Crippen molar-refractivity contribution in [2.75, 3.05) is 6.54 Å². The molecule has 1 aliphatic rings. The molecule has 2 aromatic heterocycles. The van der Waals surface area contributed by atoms with Crippen LogP contribution in [0.5, 0.6) is 0 Å². The molecular formula is C18H22N6O. The highest BCUT2D eigenvalue weighted by atomic mass is 16.1. The van der Waals surface area contributed by atoms with Gasteiger partial charge in [0.25, 0.3) is 5.56 Å². The number of hydrogen-bond donors (Lipinski definition) is 1. The molecule has 7 nitrogen and oxygen atoms in total. The van der Waals surface area contributed by atoms with E-state index in [4.69, 9.17) is 0 Å². The van der Waals surface area contributed by atoms with Gasteiger partial charge in [-0.3, -0.25) is 9.69 Å². The number of aromatic nitrogens is 5. The average molecular weight is 338 g/mol. The first-order valence-corrected chi connectivity index (χ1v) is 8.69. The molecule has 1 N–H and O–H groups in total. The summed E-state index contributed by atoms with van der Waals surface area (Å²) in [6.45, 7) is 8.78. The Hall–Kier alpha value is -2.54. The van der Waals surface area contributed by atoms with E-state index in [0.717, 1.165) is 30.3 Å². The van der Waals surface area contributed by atoms with E-state index < -0.39 is 0 Å². The van der Waals surface area contributed by atoms with Gasteiger partial charge in [0.05, 0.1) is 23.5 Å². The van der Waals surface area contributed by atoms with Crippen LogP contribution in [0.1, 0.15) is 50.2 Å². The Kier molecular flexibility index (Phi) is 3.88. The number of nitrogens with zero attached hydrogens (tertiary/aromatic N) is 5. The molecule has 4 rings (SSSR count). The zero-order chi connectivity index (χ0) is 17.6. The molecule has 1 aromatic carbocycles. The summed E-state index contributed by atoms with van der Waals surface area (Å²) in [4.78, 5) is 22.2. The Morgan fingerprint density at radius 1 is 1.12 bits per heavy atom. The van der Waals surface area contributed by atoms with Crippen LogP contribution in [0.15, 0.2) is 29.1 Å². The topological polar surface area (TPSA) is 79.7 Å². The molecule has 130 valence electrons. The molecule has 0 saturated carbocycles. The molecule has 0 saturated heterocycles. The van der Waals surface area contributed by atoms with Gasteiger partial charge in [-0.25, -0.2) is 4.98 Å². The third-order valence-corrected chi connectivity index (χ3v) is 4.90. The largest absolute Gasteiger partial charge is 0.312 e. The number of hydrogen-bond acceptors (Lipinski definition) is 5. The van der Waals surface area contributed by atoms with Crippen molar-refractivity contribution in [1.82, 2.24) is 29.6 Å². The van der Waals surface area contributed by atoms with Gasteiger partial charge in [0.2, 0.25) is 0 Å². The SMILES string of the molecule is CC(C)c1nnc2n1CCN([C@H](C)c1nc3ccccc3c(=O)[nH]1)C2. The summed E-state index contributed by atoms with van der Waals surface area (Å²) in [7, 11) is 0. The summed E-state index contributed by atoms with van der Waals surface area (Å²) in [6, 6.07) is 7.44. The maximum absolute atomic E-state index is 12.3.